The molecule has 0 spiro atoms. The van der Waals surface area contributed by atoms with E-state index < -0.39 is 17.6 Å². The molecule has 0 atom stereocenters. The number of ether oxygens (including phenoxy) is 2. The molecule has 0 heterocycles. The minimum absolute atomic E-state index is 0.0340. The van der Waals surface area contributed by atoms with Gasteiger partial charge in [0.15, 0.2) is 0 Å². The molecule has 5 heteroatoms. The van der Waals surface area contributed by atoms with Gasteiger partial charge in [-0.15, -0.1) is 0 Å². The zero-order chi connectivity index (χ0) is 17.5. The van der Waals surface area contributed by atoms with E-state index in [0.29, 0.717) is 18.6 Å². The van der Waals surface area contributed by atoms with E-state index in [4.69, 9.17) is 9.47 Å². The number of methoxy groups -OCH3 is 1. The van der Waals surface area contributed by atoms with Gasteiger partial charge in [0, 0.05) is 29.7 Å². The predicted octanol–water partition coefficient (Wildman–Crippen LogP) is 4.87. The molecule has 0 saturated carbocycles. The van der Waals surface area contributed by atoms with E-state index in [1.807, 2.05) is 6.08 Å². The first-order valence-corrected chi connectivity index (χ1v) is 7.50. The van der Waals surface area contributed by atoms with Crippen LogP contribution in [-0.2, 0) is 9.53 Å². The molecule has 0 radical (unpaired) electrons. The highest BCUT2D eigenvalue weighted by atomic mass is 19.1. The van der Waals surface area contributed by atoms with Gasteiger partial charge in [-0.25, -0.2) is 13.6 Å². The fourth-order valence-electron chi connectivity index (χ4n) is 2.28. The standard InChI is InChI=1S/C19H18F2O3/c1-3-19(22)24-14-9-11-16(18(21)12-14)15-10-8-13(23-2)6-4-5-7-17(15)20/h3,6,8-12H,1,4-5,7H2,2H3/b10-8-,13-6-,17-15-. The number of rotatable bonds is 4. The maximum absolute atomic E-state index is 14.4. The second-order valence-electron chi connectivity index (χ2n) is 5.12. The Morgan fingerprint density at radius 3 is 2.75 bits per heavy atom. The Morgan fingerprint density at radius 2 is 2.08 bits per heavy atom. The fraction of sp³-hybridized carbons (Fsp3) is 0.211. The summed E-state index contributed by atoms with van der Waals surface area (Å²) in [6.07, 6.45) is 7.41. The number of hydrogen-bond acceptors (Lipinski definition) is 3. The van der Waals surface area contributed by atoms with E-state index in [-0.39, 0.29) is 23.3 Å². The first-order valence-electron chi connectivity index (χ1n) is 7.50. The lowest BCUT2D eigenvalue weighted by molar-refractivity contribution is -0.128. The quantitative estimate of drug-likeness (QED) is 0.448. The molecular weight excluding hydrogens is 314 g/mol. The topological polar surface area (TPSA) is 35.5 Å². The average molecular weight is 332 g/mol. The van der Waals surface area contributed by atoms with Crippen molar-refractivity contribution >= 4 is 11.5 Å². The third-order valence-corrected chi connectivity index (χ3v) is 3.50. The highest BCUT2D eigenvalue weighted by molar-refractivity contribution is 5.83. The highest BCUT2D eigenvalue weighted by Gasteiger charge is 2.14. The van der Waals surface area contributed by atoms with E-state index in [2.05, 4.69) is 6.58 Å². The number of carbonyl (C=O) groups is 1. The fourth-order valence-corrected chi connectivity index (χ4v) is 2.28. The summed E-state index contributed by atoms with van der Waals surface area (Å²) in [7, 11) is 1.52. The van der Waals surface area contributed by atoms with Crippen LogP contribution in [0.15, 0.2) is 60.7 Å². The van der Waals surface area contributed by atoms with Crippen LogP contribution in [0, 0.1) is 5.82 Å². The number of halogens is 2. The molecule has 0 aromatic heterocycles. The number of esters is 1. The molecule has 2 rings (SSSR count). The van der Waals surface area contributed by atoms with Gasteiger partial charge in [-0.3, -0.25) is 0 Å². The van der Waals surface area contributed by atoms with Crippen LogP contribution in [0.25, 0.3) is 5.57 Å². The summed E-state index contributed by atoms with van der Waals surface area (Å²) in [5, 5.41) is 0. The molecule has 1 aliphatic rings. The lowest BCUT2D eigenvalue weighted by Gasteiger charge is -2.09. The maximum atomic E-state index is 14.4. The molecular formula is C19H18F2O3. The summed E-state index contributed by atoms with van der Waals surface area (Å²) in [6, 6.07) is 3.84. The second-order valence-corrected chi connectivity index (χ2v) is 5.12. The first-order chi connectivity index (χ1) is 11.5. The van der Waals surface area contributed by atoms with Gasteiger partial charge in [0.1, 0.15) is 23.2 Å². The number of allylic oxidation sites excluding steroid dienone is 5. The largest absolute Gasteiger partial charge is 0.497 e. The summed E-state index contributed by atoms with van der Waals surface area (Å²) < 4.78 is 38.8. The molecule has 0 bridgehead atoms. The van der Waals surface area contributed by atoms with Crippen LogP contribution < -0.4 is 4.74 Å². The van der Waals surface area contributed by atoms with E-state index in [1.165, 1.54) is 25.3 Å². The van der Waals surface area contributed by atoms with Crippen LogP contribution in [0.4, 0.5) is 8.78 Å². The van der Waals surface area contributed by atoms with Crippen molar-refractivity contribution in [3.8, 4) is 5.75 Å². The molecule has 0 saturated heterocycles. The third-order valence-electron chi connectivity index (χ3n) is 3.50. The van der Waals surface area contributed by atoms with Gasteiger partial charge >= 0.3 is 5.97 Å². The second kappa shape index (κ2) is 8.24. The molecule has 0 aliphatic heterocycles. The van der Waals surface area contributed by atoms with E-state index >= 15 is 0 Å². The zero-order valence-electron chi connectivity index (χ0n) is 13.4. The molecule has 24 heavy (non-hydrogen) atoms. The summed E-state index contributed by atoms with van der Waals surface area (Å²) in [4.78, 5) is 11.2. The maximum Gasteiger partial charge on any atom is 0.335 e. The van der Waals surface area contributed by atoms with Gasteiger partial charge in [0.25, 0.3) is 0 Å². The van der Waals surface area contributed by atoms with Crippen molar-refractivity contribution in [3.63, 3.8) is 0 Å². The molecule has 1 aromatic carbocycles. The van der Waals surface area contributed by atoms with Crippen molar-refractivity contribution in [2.45, 2.75) is 19.3 Å². The zero-order valence-corrected chi connectivity index (χ0v) is 13.4. The van der Waals surface area contributed by atoms with Gasteiger partial charge in [0.2, 0.25) is 0 Å². The molecule has 0 fully saturated rings. The van der Waals surface area contributed by atoms with Gasteiger partial charge in [0.05, 0.1) is 7.11 Å². The number of carbonyl (C=O) groups excluding carboxylic acids is 1. The summed E-state index contributed by atoms with van der Waals surface area (Å²) in [6.45, 7) is 3.27. The Balaban J connectivity index is 2.38. The molecule has 0 amide bonds. The average Bonchev–Trinajstić information content (AvgIpc) is 2.66. The van der Waals surface area contributed by atoms with Gasteiger partial charge in [-0.2, -0.15) is 0 Å². The predicted molar refractivity (Wildman–Crippen MR) is 88.3 cm³/mol. The van der Waals surface area contributed by atoms with Crippen molar-refractivity contribution in [2.75, 3.05) is 7.11 Å². The SMILES string of the molecule is C=CC(=O)Oc1ccc(C2=C(\F)CCC/C=C(OC)/C=C\2)c(F)c1. The van der Waals surface area contributed by atoms with Crippen LogP contribution in [0.5, 0.6) is 5.75 Å². The molecule has 126 valence electrons. The molecule has 0 N–H and O–H groups in total. The Hall–Kier alpha value is -2.69. The van der Waals surface area contributed by atoms with Crippen molar-refractivity contribution in [2.24, 2.45) is 0 Å². The number of benzene rings is 1. The van der Waals surface area contributed by atoms with Gasteiger partial charge < -0.3 is 9.47 Å². The molecule has 0 unspecified atom stereocenters. The lowest BCUT2D eigenvalue weighted by atomic mass is 10.0. The number of hydrogen-bond donors (Lipinski definition) is 0. The van der Waals surface area contributed by atoms with Crippen molar-refractivity contribution in [1.82, 2.24) is 0 Å². The molecule has 3 nitrogen and oxygen atoms in total. The van der Waals surface area contributed by atoms with E-state index in [9.17, 15) is 13.6 Å². The minimum atomic E-state index is -0.690. The Kier molecular flexibility index (Phi) is 6.07. The van der Waals surface area contributed by atoms with E-state index in [1.54, 1.807) is 6.08 Å². The van der Waals surface area contributed by atoms with Gasteiger partial charge in [-0.05, 0) is 43.2 Å². The summed E-state index contributed by atoms with van der Waals surface area (Å²) in [5.41, 5.74) is 0.249. The van der Waals surface area contributed by atoms with Crippen molar-refractivity contribution in [1.29, 1.82) is 0 Å². The summed E-state index contributed by atoms with van der Waals surface area (Å²) >= 11 is 0. The Bertz CT molecular complexity index is 730. The minimum Gasteiger partial charge on any atom is -0.497 e. The van der Waals surface area contributed by atoms with Crippen LogP contribution in [0.1, 0.15) is 24.8 Å². The van der Waals surface area contributed by atoms with Crippen molar-refractivity contribution in [3.05, 3.63) is 72.0 Å². The van der Waals surface area contributed by atoms with Crippen molar-refractivity contribution < 1.29 is 23.0 Å². The van der Waals surface area contributed by atoms with Crippen LogP contribution in [-0.4, -0.2) is 13.1 Å². The van der Waals surface area contributed by atoms with Gasteiger partial charge in [-0.1, -0.05) is 6.58 Å². The smallest absolute Gasteiger partial charge is 0.335 e. The highest BCUT2D eigenvalue weighted by Crippen LogP contribution is 2.30. The summed E-state index contributed by atoms with van der Waals surface area (Å²) in [5.74, 6) is -1.14. The van der Waals surface area contributed by atoms with E-state index in [0.717, 1.165) is 12.1 Å². The molecule has 1 aliphatic carbocycles. The monoisotopic (exact) mass is 332 g/mol. The third kappa shape index (κ3) is 4.41. The Labute approximate surface area is 139 Å². The van der Waals surface area contributed by atoms with Crippen LogP contribution in [0.3, 0.4) is 0 Å². The first kappa shape index (κ1) is 17.7. The van der Waals surface area contributed by atoms with Crippen LogP contribution >= 0.6 is 0 Å². The Morgan fingerprint density at radius 1 is 1.29 bits per heavy atom. The lowest BCUT2D eigenvalue weighted by Crippen LogP contribution is -2.03. The molecule has 1 aromatic rings. The van der Waals surface area contributed by atoms with Crippen LogP contribution in [0.2, 0.25) is 0 Å². The normalized spacial score (nSPS) is 21.5.